The molecular weight excluding hydrogens is 320 g/mol. The Morgan fingerprint density at radius 2 is 1.95 bits per heavy atom. The van der Waals surface area contributed by atoms with Crippen LogP contribution in [0.2, 0.25) is 0 Å². The predicted octanol–water partition coefficient (Wildman–Crippen LogP) is 4.35. The minimum Gasteiger partial charge on any atom is -0.490 e. The summed E-state index contributed by atoms with van der Waals surface area (Å²) in [6.07, 6.45) is 1.45. The summed E-state index contributed by atoms with van der Waals surface area (Å²) in [5, 5.41) is 0. The fraction of sp³-hybridized carbons (Fsp3) is 0.625. The summed E-state index contributed by atoms with van der Waals surface area (Å²) in [6, 6.07) is 6.18. The molecule has 1 heterocycles. The van der Waals surface area contributed by atoms with Gasteiger partial charge in [-0.05, 0) is 44.9 Å². The minimum atomic E-state index is 0.294. The first kappa shape index (κ1) is 15.6. The molecule has 0 spiro atoms. The standard InChI is InChI=1S/C16H23BrO3/c1-4-18-14-7-6-12(9-15(14)19-5-2)16(17)13-8-11(3)20-10-13/h6-7,9,11,13,16H,4-5,8,10H2,1-3H3. The van der Waals surface area contributed by atoms with E-state index < -0.39 is 0 Å². The predicted molar refractivity (Wildman–Crippen MR) is 84.0 cm³/mol. The third kappa shape index (κ3) is 3.67. The molecule has 1 fully saturated rings. The lowest BCUT2D eigenvalue weighted by Crippen LogP contribution is -2.08. The van der Waals surface area contributed by atoms with Crippen molar-refractivity contribution in [2.45, 2.75) is 38.1 Å². The van der Waals surface area contributed by atoms with Crippen molar-refractivity contribution in [3.8, 4) is 11.5 Å². The number of hydrogen-bond acceptors (Lipinski definition) is 3. The fourth-order valence-corrected chi connectivity index (χ4v) is 3.22. The number of rotatable bonds is 6. The number of alkyl halides is 1. The van der Waals surface area contributed by atoms with E-state index >= 15 is 0 Å². The smallest absolute Gasteiger partial charge is 0.161 e. The van der Waals surface area contributed by atoms with Crippen LogP contribution in [0.4, 0.5) is 0 Å². The molecule has 1 saturated heterocycles. The van der Waals surface area contributed by atoms with Crippen LogP contribution in [0.5, 0.6) is 11.5 Å². The zero-order chi connectivity index (χ0) is 14.5. The second-order valence-electron chi connectivity index (χ2n) is 5.11. The Bertz CT molecular complexity index is 436. The Hall–Kier alpha value is -0.740. The number of ether oxygens (including phenoxy) is 3. The SMILES string of the molecule is CCOc1ccc(C(Br)C2COC(C)C2)cc1OCC. The first-order valence-electron chi connectivity index (χ1n) is 7.30. The van der Waals surface area contributed by atoms with E-state index in [0.29, 0.717) is 30.1 Å². The van der Waals surface area contributed by atoms with Crippen molar-refractivity contribution in [1.82, 2.24) is 0 Å². The first-order valence-corrected chi connectivity index (χ1v) is 8.22. The zero-order valence-electron chi connectivity index (χ0n) is 12.4. The van der Waals surface area contributed by atoms with Crippen molar-refractivity contribution < 1.29 is 14.2 Å². The van der Waals surface area contributed by atoms with Crippen LogP contribution in [0.1, 0.15) is 37.6 Å². The van der Waals surface area contributed by atoms with E-state index in [1.807, 2.05) is 19.9 Å². The molecule has 0 radical (unpaired) electrons. The maximum atomic E-state index is 5.69. The van der Waals surface area contributed by atoms with Gasteiger partial charge in [0.15, 0.2) is 11.5 Å². The van der Waals surface area contributed by atoms with Gasteiger partial charge in [-0.3, -0.25) is 0 Å². The molecule has 1 aliphatic rings. The van der Waals surface area contributed by atoms with Crippen molar-refractivity contribution >= 4 is 15.9 Å². The molecule has 0 saturated carbocycles. The highest BCUT2D eigenvalue weighted by Gasteiger charge is 2.29. The van der Waals surface area contributed by atoms with Crippen molar-refractivity contribution in [2.75, 3.05) is 19.8 Å². The van der Waals surface area contributed by atoms with Gasteiger partial charge in [-0.1, -0.05) is 22.0 Å². The summed E-state index contributed by atoms with van der Waals surface area (Å²) < 4.78 is 17.0. The third-order valence-corrected chi connectivity index (χ3v) is 4.81. The van der Waals surface area contributed by atoms with Gasteiger partial charge in [0.1, 0.15) is 0 Å². The Morgan fingerprint density at radius 3 is 2.55 bits per heavy atom. The lowest BCUT2D eigenvalue weighted by atomic mass is 9.96. The molecule has 3 atom stereocenters. The van der Waals surface area contributed by atoms with E-state index in [0.717, 1.165) is 24.5 Å². The molecular formula is C16H23BrO3. The van der Waals surface area contributed by atoms with Gasteiger partial charge in [0.05, 0.1) is 25.9 Å². The van der Waals surface area contributed by atoms with Gasteiger partial charge in [-0.25, -0.2) is 0 Å². The van der Waals surface area contributed by atoms with Gasteiger partial charge in [0.2, 0.25) is 0 Å². The van der Waals surface area contributed by atoms with Crippen LogP contribution in [0, 0.1) is 5.92 Å². The Labute approximate surface area is 129 Å². The summed E-state index contributed by atoms with van der Waals surface area (Å²) in [4.78, 5) is 0.294. The average molecular weight is 343 g/mol. The molecule has 0 N–H and O–H groups in total. The highest BCUT2D eigenvalue weighted by Crippen LogP contribution is 2.40. The molecule has 3 nitrogen and oxygen atoms in total. The quantitative estimate of drug-likeness (QED) is 0.719. The Kier molecular flexibility index (Phi) is 5.73. The van der Waals surface area contributed by atoms with Crippen molar-refractivity contribution in [1.29, 1.82) is 0 Å². The van der Waals surface area contributed by atoms with Gasteiger partial charge in [-0.15, -0.1) is 0 Å². The van der Waals surface area contributed by atoms with E-state index in [4.69, 9.17) is 14.2 Å². The monoisotopic (exact) mass is 342 g/mol. The number of hydrogen-bond donors (Lipinski definition) is 0. The van der Waals surface area contributed by atoms with E-state index in [2.05, 4.69) is 35.0 Å². The minimum absolute atomic E-state index is 0.294. The maximum Gasteiger partial charge on any atom is 0.161 e. The van der Waals surface area contributed by atoms with Gasteiger partial charge < -0.3 is 14.2 Å². The van der Waals surface area contributed by atoms with Crippen LogP contribution in [0.15, 0.2) is 18.2 Å². The molecule has 0 aromatic heterocycles. The van der Waals surface area contributed by atoms with Crippen LogP contribution >= 0.6 is 15.9 Å². The maximum absolute atomic E-state index is 5.69. The molecule has 4 heteroatoms. The second kappa shape index (κ2) is 7.32. The van der Waals surface area contributed by atoms with Crippen molar-refractivity contribution in [2.24, 2.45) is 5.92 Å². The van der Waals surface area contributed by atoms with Gasteiger partial charge in [0.25, 0.3) is 0 Å². The average Bonchev–Trinajstić information content (AvgIpc) is 2.87. The molecule has 1 aromatic carbocycles. The topological polar surface area (TPSA) is 27.7 Å². The molecule has 0 aliphatic carbocycles. The van der Waals surface area contributed by atoms with Crippen molar-refractivity contribution in [3.63, 3.8) is 0 Å². The third-order valence-electron chi connectivity index (χ3n) is 3.53. The van der Waals surface area contributed by atoms with Crippen molar-refractivity contribution in [3.05, 3.63) is 23.8 Å². The molecule has 20 heavy (non-hydrogen) atoms. The van der Waals surface area contributed by atoms with E-state index in [-0.39, 0.29) is 0 Å². The molecule has 112 valence electrons. The second-order valence-corrected chi connectivity index (χ2v) is 6.10. The summed E-state index contributed by atoms with van der Waals surface area (Å²) in [7, 11) is 0. The summed E-state index contributed by atoms with van der Waals surface area (Å²) >= 11 is 3.81. The normalized spacial score (nSPS) is 23.6. The number of halogens is 1. The van der Waals surface area contributed by atoms with E-state index in [9.17, 15) is 0 Å². The summed E-state index contributed by atoms with van der Waals surface area (Å²) in [6.45, 7) is 8.19. The van der Waals surface area contributed by atoms with Crippen LogP contribution in [0.3, 0.4) is 0 Å². The molecule has 0 amide bonds. The number of benzene rings is 1. The Morgan fingerprint density at radius 1 is 1.25 bits per heavy atom. The molecule has 1 aliphatic heterocycles. The fourth-order valence-electron chi connectivity index (χ4n) is 2.57. The molecule has 3 unspecified atom stereocenters. The van der Waals surface area contributed by atoms with E-state index in [1.165, 1.54) is 5.56 Å². The molecule has 2 rings (SSSR count). The van der Waals surface area contributed by atoms with Gasteiger partial charge in [0, 0.05) is 10.7 Å². The molecule has 1 aromatic rings. The molecule has 0 bridgehead atoms. The van der Waals surface area contributed by atoms with Gasteiger partial charge >= 0.3 is 0 Å². The van der Waals surface area contributed by atoms with Crippen LogP contribution in [-0.2, 0) is 4.74 Å². The highest BCUT2D eigenvalue weighted by molar-refractivity contribution is 9.09. The first-order chi connectivity index (χ1) is 9.65. The van der Waals surface area contributed by atoms with Crippen LogP contribution in [-0.4, -0.2) is 25.9 Å². The zero-order valence-corrected chi connectivity index (χ0v) is 14.0. The van der Waals surface area contributed by atoms with Crippen LogP contribution < -0.4 is 9.47 Å². The van der Waals surface area contributed by atoms with Crippen LogP contribution in [0.25, 0.3) is 0 Å². The lowest BCUT2D eigenvalue weighted by Gasteiger charge is -2.19. The summed E-state index contributed by atoms with van der Waals surface area (Å²) in [5.41, 5.74) is 1.22. The highest BCUT2D eigenvalue weighted by atomic mass is 79.9. The van der Waals surface area contributed by atoms with Gasteiger partial charge in [-0.2, -0.15) is 0 Å². The van der Waals surface area contributed by atoms with E-state index in [1.54, 1.807) is 0 Å². The summed E-state index contributed by atoms with van der Waals surface area (Å²) in [5.74, 6) is 2.15. The largest absolute Gasteiger partial charge is 0.490 e. The lowest BCUT2D eigenvalue weighted by molar-refractivity contribution is 0.120. The Balaban J connectivity index is 2.16.